The Morgan fingerprint density at radius 3 is 3.00 bits per heavy atom. The van der Waals surface area contributed by atoms with Gasteiger partial charge in [-0.2, -0.15) is 0 Å². The monoisotopic (exact) mass is 270 g/mol. The van der Waals surface area contributed by atoms with Crippen molar-refractivity contribution >= 4 is 21.9 Å². The van der Waals surface area contributed by atoms with E-state index in [1.807, 2.05) is 0 Å². The van der Waals surface area contributed by atoms with Crippen molar-refractivity contribution in [2.45, 2.75) is 6.42 Å². The van der Waals surface area contributed by atoms with E-state index in [2.05, 4.69) is 32.5 Å². The molecule has 0 amide bonds. The van der Waals surface area contributed by atoms with Gasteiger partial charge in [0.05, 0.1) is 12.7 Å². The molecule has 0 N–H and O–H groups in total. The summed E-state index contributed by atoms with van der Waals surface area (Å²) >= 11 is 3.20. The van der Waals surface area contributed by atoms with E-state index in [1.165, 1.54) is 13.2 Å². The first-order valence-corrected chi connectivity index (χ1v) is 4.93. The van der Waals surface area contributed by atoms with E-state index in [1.54, 1.807) is 12.1 Å². The van der Waals surface area contributed by atoms with E-state index < -0.39 is 11.8 Å². The third-order valence-electron chi connectivity index (χ3n) is 1.61. The molecule has 0 heterocycles. The van der Waals surface area contributed by atoms with Crippen molar-refractivity contribution in [1.82, 2.24) is 0 Å². The highest BCUT2D eigenvalue weighted by molar-refractivity contribution is 9.10. The summed E-state index contributed by atoms with van der Waals surface area (Å²) < 4.78 is 18.3. The molecule has 0 fully saturated rings. The van der Waals surface area contributed by atoms with Gasteiger partial charge in [0.15, 0.2) is 0 Å². The van der Waals surface area contributed by atoms with E-state index in [0.717, 1.165) is 4.47 Å². The van der Waals surface area contributed by atoms with Crippen LogP contribution in [0, 0.1) is 17.7 Å². The average Bonchev–Trinajstić information content (AvgIpc) is 2.23. The van der Waals surface area contributed by atoms with Crippen LogP contribution in [0.25, 0.3) is 0 Å². The third-order valence-corrected chi connectivity index (χ3v) is 2.11. The number of carbonyl (C=O) groups is 1. The fourth-order valence-electron chi connectivity index (χ4n) is 0.877. The molecule has 0 spiro atoms. The topological polar surface area (TPSA) is 26.3 Å². The fraction of sp³-hybridized carbons (Fsp3) is 0.182. The summed E-state index contributed by atoms with van der Waals surface area (Å²) in [5.74, 6) is 4.26. The molecule has 0 aromatic heterocycles. The molecule has 1 aromatic rings. The Hall–Kier alpha value is -1.34. The number of halogens is 2. The predicted molar refractivity (Wildman–Crippen MR) is 57.6 cm³/mol. The van der Waals surface area contributed by atoms with E-state index in [4.69, 9.17) is 0 Å². The zero-order valence-corrected chi connectivity index (χ0v) is 9.60. The molecular weight excluding hydrogens is 263 g/mol. The lowest BCUT2D eigenvalue weighted by atomic mass is 10.2. The highest BCUT2D eigenvalue weighted by Gasteiger charge is 1.99. The van der Waals surface area contributed by atoms with E-state index in [9.17, 15) is 9.18 Å². The van der Waals surface area contributed by atoms with Crippen LogP contribution in [0.5, 0.6) is 0 Å². The van der Waals surface area contributed by atoms with E-state index in [0.29, 0.717) is 0 Å². The van der Waals surface area contributed by atoms with Gasteiger partial charge in [0.25, 0.3) is 0 Å². The van der Waals surface area contributed by atoms with Crippen molar-refractivity contribution in [3.63, 3.8) is 0 Å². The smallest absolute Gasteiger partial charge is 0.317 e. The molecule has 4 heteroatoms. The van der Waals surface area contributed by atoms with Crippen LogP contribution in [-0.4, -0.2) is 13.1 Å². The molecule has 2 nitrogen and oxygen atoms in total. The Labute approximate surface area is 95.6 Å². The molecule has 15 heavy (non-hydrogen) atoms. The molecule has 0 saturated heterocycles. The van der Waals surface area contributed by atoms with Crippen molar-refractivity contribution in [1.29, 1.82) is 0 Å². The summed E-state index contributed by atoms with van der Waals surface area (Å²) in [5, 5.41) is 0. The quantitative estimate of drug-likeness (QED) is 0.579. The van der Waals surface area contributed by atoms with Crippen LogP contribution in [0.4, 0.5) is 4.39 Å². The highest BCUT2D eigenvalue weighted by atomic mass is 79.9. The molecule has 0 aliphatic carbocycles. The summed E-state index contributed by atoms with van der Waals surface area (Å²) in [4.78, 5) is 10.7. The zero-order valence-electron chi connectivity index (χ0n) is 8.01. The van der Waals surface area contributed by atoms with Crippen molar-refractivity contribution in [2.75, 3.05) is 7.11 Å². The Kier molecular flexibility index (Phi) is 4.32. The van der Waals surface area contributed by atoms with E-state index in [-0.39, 0.29) is 12.0 Å². The number of esters is 1. The number of hydrogen-bond acceptors (Lipinski definition) is 2. The van der Waals surface area contributed by atoms with Crippen molar-refractivity contribution in [3.8, 4) is 11.8 Å². The van der Waals surface area contributed by atoms with Crippen LogP contribution in [0.3, 0.4) is 0 Å². The summed E-state index contributed by atoms with van der Waals surface area (Å²) in [5.41, 5.74) is 0.258. The molecular formula is C11H8BrFO2. The third kappa shape index (κ3) is 3.72. The van der Waals surface area contributed by atoms with Gasteiger partial charge in [-0.15, -0.1) is 0 Å². The van der Waals surface area contributed by atoms with Gasteiger partial charge in [0.2, 0.25) is 0 Å². The lowest BCUT2D eigenvalue weighted by Crippen LogP contribution is -1.97. The van der Waals surface area contributed by atoms with Gasteiger partial charge in [-0.1, -0.05) is 27.8 Å². The van der Waals surface area contributed by atoms with Gasteiger partial charge in [-0.25, -0.2) is 4.39 Å². The number of ether oxygens (including phenoxy) is 1. The maximum atomic E-state index is 13.1. The molecule has 78 valence electrons. The number of benzene rings is 1. The second-order valence-electron chi connectivity index (χ2n) is 2.68. The van der Waals surface area contributed by atoms with Crippen molar-refractivity contribution in [3.05, 3.63) is 34.1 Å². The second kappa shape index (κ2) is 5.52. The van der Waals surface area contributed by atoms with Gasteiger partial charge in [-0.3, -0.25) is 4.79 Å². The lowest BCUT2D eigenvalue weighted by Gasteiger charge is -1.94. The Balaban J connectivity index is 2.79. The molecule has 0 bridgehead atoms. The van der Waals surface area contributed by atoms with E-state index >= 15 is 0 Å². The Morgan fingerprint density at radius 1 is 1.60 bits per heavy atom. The first-order chi connectivity index (χ1) is 7.13. The van der Waals surface area contributed by atoms with Crippen LogP contribution in [0.2, 0.25) is 0 Å². The molecule has 0 atom stereocenters. The molecule has 0 radical (unpaired) electrons. The van der Waals surface area contributed by atoms with Crippen LogP contribution in [0.15, 0.2) is 22.7 Å². The first-order valence-electron chi connectivity index (χ1n) is 4.14. The van der Waals surface area contributed by atoms with Crippen molar-refractivity contribution in [2.24, 2.45) is 0 Å². The van der Waals surface area contributed by atoms with Gasteiger partial charge in [-0.05, 0) is 18.2 Å². The Morgan fingerprint density at radius 2 is 2.33 bits per heavy atom. The lowest BCUT2D eigenvalue weighted by molar-refractivity contribution is -0.139. The first kappa shape index (κ1) is 11.7. The molecule has 0 aliphatic rings. The summed E-state index contributed by atoms with van der Waals surface area (Å²) in [6.07, 6.45) is -0.0392. The minimum Gasteiger partial charge on any atom is -0.468 e. The fourth-order valence-corrected chi connectivity index (χ4v) is 1.24. The van der Waals surface area contributed by atoms with Gasteiger partial charge in [0, 0.05) is 4.47 Å². The van der Waals surface area contributed by atoms with Gasteiger partial charge in [0.1, 0.15) is 12.2 Å². The molecule has 1 rings (SSSR count). The van der Waals surface area contributed by atoms with Crippen LogP contribution < -0.4 is 0 Å². The summed E-state index contributed by atoms with van der Waals surface area (Å²) in [7, 11) is 1.28. The second-order valence-corrected chi connectivity index (χ2v) is 3.59. The minimum atomic E-state index is -0.432. The molecule has 0 saturated carbocycles. The van der Waals surface area contributed by atoms with Gasteiger partial charge < -0.3 is 4.74 Å². The highest BCUT2D eigenvalue weighted by Crippen LogP contribution is 2.14. The van der Waals surface area contributed by atoms with Crippen LogP contribution in [0.1, 0.15) is 12.0 Å². The van der Waals surface area contributed by atoms with Crippen LogP contribution >= 0.6 is 15.9 Å². The summed E-state index contributed by atoms with van der Waals surface area (Å²) in [6.45, 7) is 0. The zero-order chi connectivity index (χ0) is 11.3. The van der Waals surface area contributed by atoms with Gasteiger partial charge >= 0.3 is 5.97 Å². The van der Waals surface area contributed by atoms with Crippen molar-refractivity contribution < 1.29 is 13.9 Å². The standard InChI is InChI=1S/C11H8BrFO2/c1-15-11(14)4-2-3-8-7-9(12)5-6-10(8)13/h5-7H,4H2,1H3. The van der Waals surface area contributed by atoms with Crippen LogP contribution in [-0.2, 0) is 9.53 Å². The SMILES string of the molecule is COC(=O)CC#Cc1cc(Br)ccc1F. The largest absolute Gasteiger partial charge is 0.468 e. The molecule has 1 aromatic carbocycles. The average molecular weight is 271 g/mol. The maximum absolute atomic E-state index is 13.1. The normalized spacial score (nSPS) is 9.00. The number of rotatable bonds is 1. The summed E-state index contributed by atoms with van der Waals surface area (Å²) in [6, 6.07) is 4.45. The molecule has 0 unspecified atom stereocenters. The number of carbonyl (C=O) groups excluding carboxylic acids is 1. The number of methoxy groups -OCH3 is 1. The predicted octanol–water partition coefficient (Wildman–Crippen LogP) is 2.50. The minimum absolute atomic E-state index is 0.0392. The number of hydrogen-bond donors (Lipinski definition) is 0. The molecule has 0 aliphatic heterocycles. The Bertz CT molecular complexity index is 432. The maximum Gasteiger partial charge on any atom is 0.317 e.